The predicted molar refractivity (Wildman–Crippen MR) is 65.3 cm³/mol. The van der Waals surface area contributed by atoms with Crippen LogP contribution in [0.2, 0.25) is 0 Å². The van der Waals surface area contributed by atoms with Gasteiger partial charge in [-0.25, -0.2) is 0 Å². The number of likely N-dealkylation sites (tertiary alicyclic amines) is 1. The molecule has 2 aliphatic rings. The van der Waals surface area contributed by atoms with Gasteiger partial charge in [-0.1, -0.05) is 13.0 Å². The largest absolute Gasteiger partial charge is 0.351 e. The van der Waals surface area contributed by atoms with E-state index in [1.54, 1.807) is 6.08 Å². The zero-order chi connectivity index (χ0) is 12.4. The first-order chi connectivity index (χ1) is 8.11. The quantitative estimate of drug-likeness (QED) is 0.726. The number of carbonyl (C=O) groups is 2. The van der Waals surface area contributed by atoms with Crippen molar-refractivity contribution in [1.29, 1.82) is 0 Å². The maximum absolute atomic E-state index is 11.8. The minimum atomic E-state index is 0.00705. The summed E-state index contributed by atoms with van der Waals surface area (Å²) < 4.78 is 0. The number of hydrogen-bond acceptors (Lipinski definition) is 2. The Morgan fingerprint density at radius 2 is 2.35 bits per heavy atom. The van der Waals surface area contributed by atoms with E-state index < -0.39 is 0 Å². The summed E-state index contributed by atoms with van der Waals surface area (Å²) in [6.45, 7) is 6.43. The van der Waals surface area contributed by atoms with Crippen LogP contribution in [-0.4, -0.2) is 35.3 Å². The zero-order valence-electron chi connectivity index (χ0n) is 10.3. The molecule has 2 amide bonds. The molecule has 1 aliphatic carbocycles. The minimum Gasteiger partial charge on any atom is -0.351 e. The summed E-state index contributed by atoms with van der Waals surface area (Å²) in [5.74, 6) is 0.843. The molecule has 2 fully saturated rings. The normalized spacial score (nSPS) is 31.5. The molecule has 3 atom stereocenters. The maximum Gasteiger partial charge on any atom is 0.225 e. The lowest BCUT2D eigenvalue weighted by Gasteiger charge is -2.16. The van der Waals surface area contributed by atoms with E-state index in [9.17, 15) is 9.59 Å². The highest BCUT2D eigenvalue weighted by molar-refractivity contribution is 5.82. The van der Waals surface area contributed by atoms with Crippen LogP contribution in [-0.2, 0) is 9.59 Å². The van der Waals surface area contributed by atoms with E-state index in [0.29, 0.717) is 37.8 Å². The summed E-state index contributed by atoms with van der Waals surface area (Å²) in [5.41, 5.74) is 0. The van der Waals surface area contributed by atoms with E-state index in [1.807, 2.05) is 4.90 Å². The fraction of sp³-hybridized carbons (Fsp3) is 0.692. The lowest BCUT2D eigenvalue weighted by molar-refractivity contribution is -0.128. The van der Waals surface area contributed by atoms with Crippen molar-refractivity contribution in [1.82, 2.24) is 10.2 Å². The van der Waals surface area contributed by atoms with Gasteiger partial charge < -0.3 is 10.2 Å². The molecular weight excluding hydrogens is 216 g/mol. The SMILES string of the molecule is C=CCCC(=O)N[C@@H]1CC(=O)N([C@@H]2C[C@@H]2C)C1. The van der Waals surface area contributed by atoms with Crippen LogP contribution in [0.4, 0.5) is 0 Å². The first kappa shape index (κ1) is 12.1. The monoisotopic (exact) mass is 236 g/mol. The Morgan fingerprint density at radius 3 is 2.94 bits per heavy atom. The Morgan fingerprint density at radius 1 is 1.65 bits per heavy atom. The Hall–Kier alpha value is -1.32. The van der Waals surface area contributed by atoms with E-state index in [2.05, 4.69) is 18.8 Å². The van der Waals surface area contributed by atoms with Crippen LogP contribution in [0.25, 0.3) is 0 Å². The van der Waals surface area contributed by atoms with Gasteiger partial charge in [0.1, 0.15) is 0 Å². The van der Waals surface area contributed by atoms with Gasteiger partial charge in [0.15, 0.2) is 0 Å². The standard InChI is InChI=1S/C13H20N2O2/c1-3-4-5-12(16)14-10-7-13(17)15(8-10)11-6-9(11)2/h3,9-11H,1,4-8H2,2H3,(H,14,16)/t9-,10+,11+/m0/s1. The molecule has 0 aromatic carbocycles. The third-order valence-corrected chi connectivity index (χ3v) is 3.57. The van der Waals surface area contributed by atoms with E-state index >= 15 is 0 Å². The first-order valence-corrected chi connectivity index (χ1v) is 6.31. The van der Waals surface area contributed by atoms with E-state index in [0.717, 1.165) is 6.42 Å². The topological polar surface area (TPSA) is 49.4 Å². The van der Waals surface area contributed by atoms with Gasteiger partial charge in [-0.2, -0.15) is 0 Å². The van der Waals surface area contributed by atoms with Crippen LogP contribution in [0.15, 0.2) is 12.7 Å². The molecule has 0 unspecified atom stereocenters. The van der Waals surface area contributed by atoms with Crippen molar-refractivity contribution < 1.29 is 9.59 Å². The minimum absolute atomic E-state index is 0.00705. The average molecular weight is 236 g/mol. The second kappa shape index (κ2) is 4.90. The van der Waals surface area contributed by atoms with E-state index in [4.69, 9.17) is 0 Å². The zero-order valence-corrected chi connectivity index (χ0v) is 10.3. The van der Waals surface area contributed by atoms with Gasteiger partial charge in [0.25, 0.3) is 0 Å². The second-order valence-electron chi connectivity index (χ2n) is 5.12. The molecule has 0 radical (unpaired) electrons. The molecule has 1 heterocycles. The lowest BCUT2D eigenvalue weighted by Crippen LogP contribution is -2.37. The van der Waals surface area contributed by atoms with Crippen molar-refractivity contribution in [3.8, 4) is 0 Å². The first-order valence-electron chi connectivity index (χ1n) is 6.31. The molecule has 2 rings (SSSR count). The Labute approximate surface area is 102 Å². The van der Waals surface area contributed by atoms with Crippen molar-refractivity contribution in [2.45, 2.75) is 44.7 Å². The summed E-state index contributed by atoms with van der Waals surface area (Å²) in [6, 6.07) is 0.435. The van der Waals surface area contributed by atoms with Crippen molar-refractivity contribution >= 4 is 11.8 Å². The number of carbonyl (C=O) groups excluding carboxylic acids is 2. The smallest absolute Gasteiger partial charge is 0.225 e. The van der Waals surface area contributed by atoms with Crippen LogP contribution in [0, 0.1) is 5.92 Å². The van der Waals surface area contributed by atoms with Crippen molar-refractivity contribution in [3.63, 3.8) is 0 Å². The summed E-state index contributed by atoms with van der Waals surface area (Å²) in [4.78, 5) is 25.2. The van der Waals surface area contributed by atoms with E-state index in [-0.39, 0.29) is 17.9 Å². The van der Waals surface area contributed by atoms with Gasteiger partial charge in [-0.05, 0) is 18.8 Å². The number of nitrogens with zero attached hydrogens (tertiary/aromatic N) is 1. The highest BCUT2D eigenvalue weighted by atomic mass is 16.2. The maximum atomic E-state index is 11.8. The van der Waals surface area contributed by atoms with Gasteiger partial charge in [0, 0.05) is 25.4 Å². The fourth-order valence-electron chi connectivity index (χ4n) is 2.42. The van der Waals surface area contributed by atoms with Crippen molar-refractivity contribution in [2.75, 3.05) is 6.54 Å². The molecule has 1 saturated heterocycles. The predicted octanol–water partition coefficient (Wildman–Crippen LogP) is 1.08. The van der Waals surface area contributed by atoms with Gasteiger partial charge in [-0.15, -0.1) is 6.58 Å². The molecular formula is C13H20N2O2. The molecule has 94 valence electrons. The fourth-order valence-corrected chi connectivity index (χ4v) is 2.42. The van der Waals surface area contributed by atoms with Crippen LogP contribution < -0.4 is 5.32 Å². The third-order valence-electron chi connectivity index (χ3n) is 3.57. The summed E-state index contributed by atoms with van der Waals surface area (Å²) in [6.07, 6.45) is 4.47. The Kier molecular flexibility index (Phi) is 3.50. The molecule has 0 spiro atoms. The number of hydrogen-bond donors (Lipinski definition) is 1. The van der Waals surface area contributed by atoms with Crippen molar-refractivity contribution in [3.05, 3.63) is 12.7 Å². The van der Waals surface area contributed by atoms with Crippen molar-refractivity contribution in [2.24, 2.45) is 5.92 Å². The average Bonchev–Trinajstić information content (AvgIpc) is 2.88. The molecule has 0 aromatic heterocycles. The van der Waals surface area contributed by atoms with Gasteiger partial charge in [0.05, 0.1) is 6.04 Å². The molecule has 0 aromatic rings. The van der Waals surface area contributed by atoms with Crippen LogP contribution in [0.3, 0.4) is 0 Å². The molecule has 1 saturated carbocycles. The van der Waals surface area contributed by atoms with Gasteiger partial charge in [0.2, 0.25) is 11.8 Å². The Balaban J connectivity index is 1.78. The highest BCUT2D eigenvalue weighted by Crippen LogP contribution is 2.37. The summed E-state index contributed by atoms with van der Waals surface area (Å²) in [5, 5.41) is 2.92. The van der Waals surface area contributed by atoms with Gasteiger partial charge >= 0.3 is 0 Å². The number of allylic oxidation sites excluding steroid dienone is 1. The summed E-state index contributed by atoms with van der Waals surface area (Å²) in [7, 11) is 0. The highest BCUT2D eigenvalue weighted by Gasteiger charge is 2.44. The number of nitrogens with one attached hydrogen (secondary N) is 1. The third kappa shape index (κ3) is 2.87. The van der Waals surface area contributed by atoms with Crippen LogP contribution in [0.1, 0.15) is 32.6 Å². The second-order valence-corrected chi connectivity index (χ2v) is 5.12. The summed E-state index contributed by atoms with van der Waals surface area (Å²) >= 11 is 0. The van der Waals surface area contributed by atoms with Crippen LogP contribution >= 0.6 is 0 Å². The lowest BCUT2D eigenvalue weighted by atomic mass is 10.2. The molecule has 4 nitrogen and oxygen atoms in total. The molecule has 1 N–H and O–H groups in total. The molecule has 4 heteroatoms. The Bertz CT molecular complexity index is 340. The molecule has 1 aliphatic heterocycles. The van der Waals surface area contributed by atoms with Gasteiger partial charge in [-0.3, -0.25) is 9.59 Å². The number of rotatable bonds is 5. The van der Waals surface area contributed by atoms with Crippen LogP contribution in [0.5, 0.6) is 0 Å². The van der Waals surface area contributed by atoms with E-state index in [1.165, 1.54) is 0 Å². The number of amides is 2. The molecule has 17 heavy (non-hydrogen) atoms. The molecule has 0 bridgehead atoms.